The van der Waals surface area contributed by atoms with Crippen LogP contribution in [0.25, 0.3) is 38.9 Å². The fourth-order valence-corrected chi connectivity index (χ4v) is 3.87. The van der Waals surface area contributed by atoms with Crippen molar-refractivity contribution in [3.05, 3.63) is 54.9 Å². The second-order valence-corrected chi connectivity index (χ2v) is 6.80. The Bertz CT molecular complexity index is 1300. The predicted octanol–water partition coefficient (Wildman–Crippen LogP) is 4.38. The van der Waals surface area contributed by atoms with Gasteiger partial charge in [0.15, 0.2) is 11.0 Å². The summed E-state index contributed by atoms with van der Waals surface area (Å²) in [6, 6.07) is 13.8. The number of aryl methyl sites for hydroxylation is 1. The molecule has 6 nitrogen and oxygen atoms in total. The molecule has 0 spiro atoms. The number of aromatic hydroxyl groups is 1. The number of thiol groups is 1. The molecular formula is C20H17N5OS. The summed E-state index contributed by atoms with van der Waals surface area (Å²) < 4.78 is 4.06. The highest BCUT2D eigenvalue weighted by Crippen LogP contribution is 2.36. The van der Waals surface area contributed by atoms with Crippen LogP contribution >= 0.6 is 12.6 Å². The third-order valence-corrected chi connectivity index (χ3v) is 5.22. The maximum atomic E-state index is 10.6. The van der Waals surface area contributed by atoms with Crippen molar-refractivity contribution < 1.29 is 5.11 Å². The third-order valence-electron chi connectivity index (χ3n) is 4.93. The molecule has 0 fully saturated rings. The standard InChI is InChI=1S/C20H17N5OS/c1-2-24-9-7-13-16(24)4-3-5-17(13)25-19(22-23-20(25)27)14-10-12-6-8-21-15(12)11-18(14)26/h3-11,21,26H,2H2,1H3,(H,23,27). The van der Waals surface area contributed by atoms with E-state index in [0.29, 0.717) is 16.5 Å². The number of aromatic amines is 1. The number of aromatic nitrogens is 5. The Kier molecular flexibility index (Phi) is 3.51. The first-order valence-electron chi connectivity index (χ1n) is 8.70. The third kappa shape index (κ3) is 2.35. The smallest absolute Gasteiger partial charge is 0.193 e. The van der Waals surface area contributed by atoms with Gasteiger partial charge in [-0.2, -0.15) is 0 Å². The molecule has 2 aromatic carbocycles. The van der Waals surface area contributed by atoms with Gasteiger partial charge in [-0.3, -0.25) is 4.57 Å². The van der Waals surface area contributed by atoms with Gasteiger partial charge in [-0.1, -0.05) is 6.07 Å². The van der Waals surface area contributed by atoms with Gasteiger partial charge >= 0.3 is 0 Å². The summed E-state index contributed by atoms with van der Waals surface area (Å²) in [5.74, 6) is 0.697. The average molecular weight is 375 g/mol. The Labute approximate surface area is 160 Å². The Morgan fingerprint density at radius 2 is 2.04 bits per heavy atom. The molecule has 0 amide bonds. The van der Waals surface area contributed by atoms with Gasteiger partial charge in [0, 0.05) is 41.3 Å². The van der Waals surface area contributed by atoms with Crippen molar-refractivity contribution in [3.8, 4) is 22.8 Å². The van der Waals surface area contributed by atoms with Crippen LogP contribution in [-0.4, -0.2) is 29.4 Å². The minimum Gasteiger partial charge on any atom is -0.507 e. The lowest BCUT2D eigenvalue weighted by atomic mass is 10.1. The molecule has 5 rings (SSSR count). The van der Waals surface area contributed by atoms with Gasteiger partial charge in [0.1, 0.15) is 5.75 Å². The Morgan fingerprint density at radius 1 is 1.15 bits per heavy atom. The minimum absolute atomic E-state index is 0.144. The first kappa shape index (κ1) is 16.0. The van der Waals surface area contributed by atoms with Crippen LogP contribution in [0.2, 0.25) is 0 Å². The van der Waals surface area contributed by atoms with E-state index >= 15 is 0 Å². The molecule has 3 heterocycles. The van der Waals surface area contributed by atoms with E-state index in [0.717, 1.165) is 34.0 Å². The normalized spacial score (nSPS) is 11.6. The van der Waals surface area contributed by atoms with Gasteiger partial charge in [0.25, 0.3) is 0 Å². The van der Waals surface area contributed by atoms with Gasteiger partial charge in [-0.05, 0) is 37.3 Å². The van der Waals surface area contributed by atoms with Gasteiger partial charge in [0.2, 0.25) is 0 Å². The van der Waals surface area contributed by atoms with Crippen molar-refractivity contribution >= 4 is 34.4 Å². The predicted molar refractivity (Wildman–Crippen MR) is 109 cm³/mol. The summed E-state index contributed by atoms with van der Waals surface area (Å²) in [7, 11) is 0. The van der Waals surface area contributed by atoms with Gasteiger partial charge < -0.3 is 14.7 Å². The molecule has 0 atom stereocenters. The number of hydrogen-bond acceptors (Lipinski definition) is 4. The topological polar surface area (TPSA) is 71.7 Å². The summed E-state index contributed by atoms with van der Waals surface area (Å²) in [5, 5.41) is 21.6. The number of fused-ring (bicyclic) bond motifs is 2. The zero-order chi connectivity index (χ0) is 18.5. The van der Waals surface area contributed by atoms with E-state index in [-0.39, 0.29) is 5.75 Å². The minimum atomic E-state index is 0.144. The number of hydrogen-bond donors (Lipinski definition) is 3. The molecule has 0 aliphatic heterocycles. The lowest BCUT2D eigenvalue weighted by Crippen LogP contribution is -2.00. The van der Waals surface area contributed by atoms with Crippen molar-refractivity contribution in [1.82, 2.24) is 24.3 Å². The highest BCUT2D eigenvalue weighted by molar-refractivity contribution is 7.80. The molecule has 0 unspecified atom stereocenters. The lowest BCUT2D eigenvalue weighted by Gasteiger charge is -2.12. The number of phenolic OH excluding ortho intramolecular Hbond substituents is 1. The first-order chi connectivity index (χ1) is 13.2. The number of nitrogens with zero attached hydrogens (tertiary/aromatic N) is 4. The van der Waals surface area contributed by atoms with E-state index in [1.54, 1.807) is 6.07 Å². The summed E-state index contributed by atoms with van der Waals surface area (Å²) in [6.45, 7) is 3.01. The molecule has 0 saturated heterocycles. The van der Waals surface area contributed by atoms with Gasteiger partial charge in [-0.15, -0.1) is 22.8 Å². The van der Waals surface area contributed by atoms with E-state index in [2.05, 4.69) is 57.6 Å². The van der Waals surface area contributed by atoms with Crippen LogP contribution in [-0.2, 0) is 6.54 Å². The lowest BCUT2D eigenvalue weighted by molar-refractivity contribution is 0.477. The van der Waals surface area contributed by atoms with Crippen molar-refractivity contribution in [1.29, 1.82) is 0 Å². The van der Waals surface area contributed by atoms with Crippen molar-refractivity contribution in [3.63, 3.8) is 0 Å². The molecule has 134 valence electrons. The molecule has 3 aromatic heterocycles. The van der Waals surface area contributed by atoms with Crippen molar-refractivity contribution in [2.45, 2.75) is 18.6 Å². The maximum Gasteiger partial charge on any atom is 0.193 e. The van der Waals surface area contributed by atoms with E-state index in [1.807, 2.05) is 35.0 Å². The fourth-order valence-electron chi connectivity index (χ4n) is 3.62. The number of nitrogens with one attached hydrogen (secondary N) is 1. The van der Waals surface area contributed by atoms with Crippen LogP contribution in [0.4, 0.5) is 0 Å². The van der Waals surface area contributed by atoms with Gasteiger partial charge in [0.05, 0.1) is 16.8 Å². The van der Waals surface area contributed by atoms with Crippen LogP contribution in [0.5, 0.6) is 5.75 Å². The zero-order valence-electron chi connectivity index (χ0n) is 14.6. The van der Waals surface area contributed by atoms with Crippen LogP contribution in [0.3, 0.4) is 0 Å². The number of rotatable bonds is 3. The monoisotopic (exact) mass is 375 g/mol. The van der Waals surface area contributed by atoms with E-state index in [1.165, 1.54) is 0 Å². The summed E-state index contributed by atoms with van der Waals surface area (Å²) >= 11 is 4.53. The molecule has 0 aliphatic carbocycles. The maximum absolute atomic E-state index is 10.6. The highest BCUT2D eigenvalue weighted by atomic mass is 32.1. The van der Waals surface area contributed by atoms with Crippen molar-refractivity contribution in [2.75, 3.05) is 0 Å². The zero-order valence-corrected chi connectivity index (χ0v) is 15.5. The second-order valence-electron chi connectivity index (χ2n) is 6.40. The molecule has 0 bridgehead atoms. The number of phenols is 1. The summed E-state index contributed by atoms with van der Waals surface area (Å²) in [6.07, 6.45) is 3.91. The van der Waals surface area contributed by atoms with E-state index in [4.69, 9.17) is 0 Å². The Balaban J connectivity index is 1.79. The van der Waals surface area contributed by atoms with Gasteiger partial charge in [-0.25, -0.2) is 0 Å². The molecule has 0 aliphatic rings. The van der Waals surface area contributed by atoms with Crippen molar-refractivity contribution in [2.24, 2.45) is 0 Å². The fraction of sp³-hybridized carbons (Fsp3) is 0.100. The molecule has 7 heteroatoms. The molecule has 0 saturated carbocycles. The largest absolute Gasteiger partial charge is 0.507 e. The van der Waals surface area contributed by atoms with Crippen LogP contribution in [0.15, 0.2) is 60.0 Å². The molecule has 0 radical (unpaired) electrons. The second kappa shape index (κ2) is 5.92. The molecule has 2 N–H and O–H groups in total. The first-order valence-corrected chi connectivity index (χ1v) is 9.15. The van der Waals surface area contributed by atoms with Crippen LogP contribution < -0.4 is 0 Å². The summed E-state index contributed by atoms with van der Waals surface area (Å²) in [4.78, 5) is 3.10. The average Bonchev–Trinajstić information content (AvgIpc) is 3.38. The molecule has 27 heavy (non-hydrogen) atoms. The van der Waals surface area contributed by atoms with E-state index < -0.39 is 0 Å². The Morgan fingerprint density at radius 3 is 2.89 bits per heavy atom. The number of benzene rings is 2. The quantitative estimate of drug-likeness (QED) is 0.410. The SMILES string of the molecule is CCn1ccc2c(-n3c(S)nnc3-c3cc4cc[nH]c4cc3O)cccc21. The molecular weight excluding hydrogens is 358 g/mol. The number of H-pyrrole nitrogens is 1. The van der Waals surface area contributed by atoms with Crippen LogP contribution in [0, 0.1) is 0 Å². The van der Waals surface area contributed by atoms with E-state index in [9.17, 15) is 5.11 Å². The molecule has 5 aromatic rings. The summed E-state index contributed by atoms with van der Waals surface area (Å²) in [5.41, 5.74) is 3.54. The van der Waals surface area contributed by atoms with Crippen LogP contribution in [0.1, 0.15) is 6.92 Å². The Hall–Kier alpha value is -3.19. The highest BCUT2D eigenvalue weighted by Gasteiger charge is 2.19.